The molecule has 0 aromatic rings. The van der Waals surface area contributed by atoms with Crippen molar-refractivity contribution in [3.63, 3.8) is 0 Å². The van der Waals surface area contributed by atoms with E-state index in [0.29, 0.717) is 45.2 Å². The van der Waals surface area contributed by atoms with Crippen LogP contribution in [0.4, 0.5) is 0 Å². The third-order valence-electron chi connectivity index (χ3n) is 5.28. The minimum absolute atomic E-state index is 0.185. The van der Waals surface area contributed by atoms with Crippen LogP contribution in [-0.4, -0.2) is 70.9 Å². The van der Waals surface area contributed by atoms with Gasteiger partial charge in [-0.2, -0.15) is 0 Å². The molecule has 1 rings (SSSR count). The van der Waals surface area contributed by atoms with Gasteiger partial charge in [-0.05, 0) is 45.1 Å². The van der Waals surface area contributed by atoms with Gasteiger partial charge in [0.1, 0.15) is 6.04 Å². The summed E-state index contributed by atoms with van der Waals surface area (Å²) in [6, 6.07) is -1.48. The Morgan fingerprint density at radius 3 is 2.21 bits per heavy atom. The van der Waals surface area contributed by atoms with Crippen molar-refractivity contribution in [3.05, 3.63) is 12.2 Å². The summed E-state index contributed by atoms with van der Waals surface area (Å²) in [5.41, 5.74) is 5.20. The van der Waals surface area contributed by atoms with Crippen molar-refractivity contribution in [1.82, 2.24) is 20.9 Å². The molecule has 0 saturated carbocycles. The number of ketones is 1. The second kappa shape index (κ2) is 14.5. The predicted molar refractivity (Wildman–Crippen MR) is 121 cm³/mol. The molecule has 1 aliphatic heterocycles. The Labute approximate surface area is 194 Å². The molecule has 186 valence electrons. The highest BCUT2D eigenvalue weighted by Crippen LogP contribution is 2.09. The Balaban J connectivity index is 2.42. The summed E-state index contributed by atoms with van der Waals surface area (Å²) in [5, 5.41) is 17.1. The number of aliphatic hydroxyl groups is 1. The van der Waals surface area contributed by atoms with E-state index in [1.165, 1.54) is 24.0 Å². The van der Waals surface area contributed by atoms with Crippen LogP contribution < -0.4 is 21.7 Å². The van der Waals surface area contributed by atoms with E-state index in [9.17, 15) is 24.0 Å². The van der Waals surface area contributed by atoms with E-state index < -0.39 is 24.3 Å². The van der Waals surface area contributed by atoms with Crippen molar-refractivity contribution in [3.8, 4) is 0 Å². The Kier molecular flexibility index (Phi) is 12.5. The lowest BCUT2D eigenvalue weighted by Gasteiger charge is -2.25. The molecular weight excluding hydrogens is 430 g/mol. The Hall–Kier alpha value is -2.63. The molecule has 0 spiro atoms. The number of hydrogen-bond donors (Lipinski definition) is 5. The number of amides is 4. The first kappa shape index (κ1) is 28.4. The van der Waals surface area contributed by atoms with Crippen molar-refractivity contribution in [2.75, 3.05) is 13.1 Å². The molecule has 0 bridgehead atoms. The summed E-state index contributed by atoms with van der Waals surface area (Å²) in [6.45, 7) is 5.70. The van der Waals surface area contributed by atoms with Crippen LogP contribution in [0, 0.1) is 5.92 Å². The first-order chi connectivity index (χ1) is 15.5. The molecule has 1 unspecified atom stereocenters. The average Bonchev–Trinajstić information content (AvgIpc) is 3.05. The number of aliphatic hydroxyl groups excluding tert-OH is 1. The molecule has 3 atom stereocenters. The van der Waals surface area contributed by atoms with Crippen LogP contribution in [0.25, 0.3) is 0 Å². The topological polar surface area (TPSA) is 171 Å². The van der Waals surface area contributed by atoms with E-state index in [0.717, 1.165) is 0 Å². The molecule has 0 aromatic carbocycles. The van der Waals surface area contributed by atoms with Crippen LogP contribution in [0.15, 0.2) is 12.2 Å². The number of carbonyl (C=O) groups is 5. The van der Waals surface area contributed by atoms with E-state index in [4.69, 9.17) is 10.8 Å². The molecule has 0 radical (unpaired) electrons. The lowest BCUT2D eigenvalue weighted by Crippen LogP contribution is -2.53. The highest BCUT2D eigenvalue weighted by Gasteiger charge is 2.27. The summed E-state index contributed by atoms with van der Waals surface area (Å²) in [6.07, 6.45) is 4.24. The number of nitrogens with one attached hydrogen (secondary N) is 3. The summed E-state index contributed by atoms with van der Waals surface area (Å²) >= 11 is 0. The van der Waals surface area contributed by atoms with Crippen molar-refractivity contribution in [1.29, 1.82) is 0 Å². The normalized spacial score (nSPS) is 16.1. The van der Waals surface area contributed by atoms with Gasteiger partial charge in [-0.25, -0.2) is 0 Å². The van der Waals surface area contributed by atoms with Gasteiger partial charge in [-0.1, -0.05) is 20.3 Å². The Bertz CT molecular complexity index is 719. The molecule has 4 amide bonds. The molecule has 0 aliphatic carbocycles. The summed E-state index contributed by atoms with van der Waals surface area (Å²) in [5.74, 6) is -1.73. The van der Waals surface area contributed by atoms with Crippen molar-refractivity contribution >= 4 is 29.4 Å². The van der Waals surface area contributed by atoms with E-state index in [1.807, 2.05) is 0 Å². The lowest BCUT2D eigenvalue weighted by molar-refractivity contribution is -0.137. The molecule has 6 N–H and O–H groups in total. The molecule has 0 saturated heterocycles. The minimum Gasteiger partial charge on any atom is -0.366 e. The van der Waals surface area contributed by atoms with Gasteiger partial charge in [0.15, 0.2) is 12.1 Å². The SMILES string of the molecule is CC(=O)[C@H](CCCNC(N)O)NC(=O)[C@@H](NC(=O)CCCCCN1C(=O)C=CC1=O)C(C)C. The second-order valence-electron chi connectivity index (χ2n) is 8.47. The smallest absolute Gasteiger partial charge is 0.253 e. The van der Waals surface area contributed by atoms with Crippen molar-refractivity contribution in [2.45, 2.75) is 77.7 Å². The average molecular weight is 468 g/mol. The van der Waals surface area contributed by atoms with Crippen molar-refractivity contribution < 1.29 is 29.1 Å². The Morgan fingerprint density at radius 2 is 1.67 bits per heavy atom. The minimum atomic E-state index is -1.14. The first-order valence-corrected chi connectivity index (χ1v) is 11.3. The van der Waals surface area contributed by atoms with Crippen LogP contribution in [0.1, 0.15) is 59.3 Å². The summed E-state index contributed by atoms with van der Waals surface area (Å²) in [4.78, 5) is 61.2. The summed E-state index contributed by atoms with van der Waals surface area (Å²) in [7, 11) is 0. The first-order valence-electron chi connectivity index (χ1n) is 11.3. The number of imide groups is 1. The van der Waals surface area contributed by atoms with E-state index in [-0.39, 0.29) is 35.8 Å². The van der Waals surface area contributed by atoms with E-state index in [1.54, 1.807) is 13.8 Å². The van der Waals surface area contributed by atoms with Crippen LogP contribution in [0.3, 0.4) is 0 Å². The van der Waals surface area contributed by atoms with Gasteiger partial charge in [0.2, 0.25) is 11.8 Å². The van der Waals surface area contributed by atoms with Gasteiger partial charge in [0.25, 0.3) is 11.8 Å². The number of nitrogens with zero attached hydrogens (tertiary/aromatic N) is 1. The van der Waals surface area contributed by atoms with Gasteiger partial charge in [0, 0.05) is 25.1 Å². The number of nitrogens with two attached hydrogens (primary N) is 1. The van der Waals surface area contributed by atoms with Gasteiger partial charge in [0.05, 0.1) is 6.04 Å². The molecule has 33 heavy (non-hydrogen) atoms. The van der Waals surface area contributed by atoms with Crippen LogP contribution >= 0.6 is 0 Å². The third-order valence-corrected chi connectivity index (χ3v) is 5.28. The molecular formula is C22H37N5O6. The number of hydrogen-bond acceptors (Lipinski definition) is 8. The maximum atomic E-state index is 12.7. The standard InChI is InChI=1S/C22H37N5O6/c1-14(2)20(21(32)25-16(15(3)28)8-7-12-24-22(23)33)26-17(29)9-5-4-6-13-27-18(30)10-11-19(27)31/h10-11,14,16,20,22,24,33H,4-9,12-13,23H2,1-3H3,(H,25,32)(H,26,29)/t16-,20-,22?/m0/s1. The Morgan fingerprint density at radius 1 is 1.03 bits per heavy atom. The fourth-order valence-electron chi connectivity index (χ4n) is 3.36. The van der Waals surface area contributed by atoms with Crippen LogP contribution in [0.5, 0.6) is 0 Å². The highest BCUT2D eigenvalue weighted by atomic mass is 16.3. The maximum absolute atomic E-state index is 12.7. The van der Waals surface area contributed by atoms with Gasteiger partial charge in [-0.3, -0.25) is 39.9 Å². The van der Waals surface area contributed by atoms with E-state index in [2.05, 4.69) is 16.0 Å². The van der Waals surface area contributed by atoms with E-state index >= 15 is 0 Å². The molecule has 1 aliphatic rings. The highest BCUT2D eigenvalue weighted by molar-refractivity contribution is 6.12. The van der Waals surface area contributed by atoms with Gasteiger partial charge in [-0.15, -0.1) is 0 Å². The zero-order valence-electron chi connectivity index (χ0n) is 19.6. The van der Waals surface area contributed by atoms with Gasteiger partial charge < -0.3 is 15.7 Å². The zero-order valence-corrected chi connectivity index (χ0v) is 19.6. The second-order valence-corrected chi connectivity index (χ2v) is 8.47. The predicted octanol–water partition coefficient (Wildman–Crippen LogP) is -0.709. The number of rotatable bonds is 16. The maximum Gasteiger partial charge on any atom is 0.253 e. The number of unbranched alkanes of at least 4 members (excludes halogenated alkanes) is 2. The zero-order chi connectivity index (χ0) is 25.0. The fraction of sp³-hybridized carbons (Fsp3) is 0.682. The third kappa shape index (κ3) is 10.7. The van der Waals surface area contributed by atoms with Crippen LogP contribution in [0.2, 0.25) is 0 Å². The van der Waals surface area contributed by atoms with Crippen molar-refractivity contribution in [2.24, 2.45) is 11.7 Å². The lowest BCUT2D eigenvalue weighted by atomic mass is 10.0. The molecule has 0 aromatic heterocycles. The molecule has 11 heteroatoms. The molecule has 0 fully saturated rings. The number of carbonyl (C=O) groups excluding carboxylic acids is 5. The van der Waals surface area contributed by atoms with Gasteiger partial charge >= 0.3 is 0 Å². The molecule has 11 nitrogen and oxygen atoms in total. The quantitative estimate of drug-likeness (QED) is 0.113. The summed E-state index contributed by atoms with van der Waals surface area (Å²) < 4.78 is 0. The largest absolute Gasteiger partial charge is 0.366 e. The number of Topliss-reactive ketones (excluding diaryl/α,β-unsaturated/α-hetero) is 1. The fourth-order valence-corrected chi connectivity index (χ4v) is 3.36. The van der Waals surface area contributed by atoms with Crippen LogP contribution in [-0.2, 0) is 24.0 Å². The monoisotopic (exact) mass is 467 g/mol. The molecule has 1 heterocycles.